The number of nitrogens with zero attached hydrogens (tertiary/aromatic N) is 2. The molecule has 2 atom stereocenters. The minimum absolute atomic E-state index is 0.0567. The molecule has 2 aromatic rings. The van der Waals surface area contributed by atoms with E-state index in [1.165, 1.54) is 7.11 Å². The number of carboxylic acids is 1. The van der Waals surface area contributed by atoms with Crippen molar-refractivity contribution in [3.63, 3.8) is 0 Å². The van der Waals surface area contributed by atoms with Crippen molar-refractivity contribution in [1.29, 1.82) is 0 Å². The van der Waals surface area contributed by atoms with Crippen molar-refractivity contribution in [1.82, 2.24) is 9.55 Å². The minimum Gasteiger partial charge on any atom is -0.481 e. The molecule has 39 heavy (non-hydrogen) atoms. The molecular weight excluding hydrogens is 518 g/mol. The van der Waals surface area contributed by atoms with E-state index < -0.39 is 32.0 Å². The number of ether oxygens (including phenoxy) is 3. The van der Waals surface area contributed by atoms with E-state index in [2.05, 4.69) is 25.0 Å². The predicted octanol–water partition coefficient (Wildman–Crippen LogP) is 4.44. The zero-order valence-corrected chi connectivity index (χ0v) is 24.4. The fourth-order valence-electron chi connectivity index (χ4n) is 4.19. The third kappa shape index (κ3) is 8.52. The van der Waals surface area contributed by atoms with Crippen LogP contribution < -0.4 is 5.32 Å². The number of aliphatic carboxylic acids is 1. The summed E-state index contributed by atoms with van der Waals surface area (Å²) in [5.74, 6) is -2.32. The van der Waals surface area contributed by atoms with Gasteiger partial charge in [-0.15, -0.1) is 0 Å². The number of fused-ring (bicyclic) bond motifs is 4. The van der Waals surface area contributed by atoms with Crippen LogP contribution in [0.15, 0.2) is 36.5 Å². The second kappa shape index (κ2) is 13.6. The van der Waals surface area contributed by atoms with E-state index in [0.717, 1.165) is 6.04 Å². The van der Waals surface area contributed by atoms with Crippen molar-refractivity contribution >= 4 is 31.7 Å². The van der Waals surface area contributed by atoms with Gasteiger partial charge in [0.1, 0.15) is 24.5 Å². The molecule has 0 amide bonds. The summed E-state index contributed by atoms with van der Waals surface area (Å²) in [5.41, 5.74) is 2.46. The summed E-state index contributed by atoms with van der Waals surface area (Å²) < 4.78 is 17.8. The Labute approximate surface area is 230 Å². The molecule has 0 saturated carbocycles. The number of esters is 2. The maximum atomic E-state index is 12.8. The molecule has 0 radical (unpaired) electrons. The number of carbonyl (C=O) groups excluding carboxylic acids is 2. The fourth-order valence-corrected chi connectivity index (χ4v) is 4.95. The van der Waals surface area contributed by atoms with Gasteiger partial charge in [0.2, 0.25) is 0 Å². The number of nitrogens with one attached hydrogen (secondary N) is 1. The number of aromatic nitrogens is 2. The zero-order valence-electron chi connectivity index (χ0n) is 23.4. The Morgan fingerprint density at radius 1 is 1.18 bits per heavy atom. The van der Waals surface area contributed by atoms with Crippen LogP contribution in [0.3, 0.4) is 0 Å². The summed E-state index contributed by atoms with van der Waals surface area (Å²) in [6.45, 7) is 9.53. The van der Waals surface area contributed by atoms with E-state index in [9.17, 15) is 19.5 Å². The van der Waals surface area contributed by atoms with Crippen molar-refractivity contribution in [3.8, 4) is 11.3 Å². The maximum Gasteiger partial charge on any atom is 0.328 e. The van der Waals surface area contributed by atoms with Gasteiger partial charge < -0.3 is 29.2 Å². The van der Waals surface area contributed by atoms with Crippen LogP contribution in [0.1, 0.15) is 37.1 Å². The Bertz CT molecular complexity index is 1200. The minimum atomic E-state index is -1.29. The number of allylic oxidation sites excluding steroid dienone is 1. The lowest BCUT2D eigenvalue weighted by atomic mass is 10.0. The molecule has 2 bridgehead atoms. The number of carbonyl (C=O) groups is 3. The Kier molecular flexibility index (Phi) is 10.5. The molecule has 2 heterocycles. The van der Waals surface area contributed by atoms with E-state index in [4.69, 9.17) is 19.2 Å². The van der Waals surface area contributed by atoms with Gasteiger partial charge in [-0.25, -0.2) is 9.78 Å². The first-order valence-corrected chi connectivity index (χ1v) is 16.9. The molecule has 2 unspecified atom stereocenters. The van der Waals surface area contributed by atoms with Crippen LogP contribution in [0.4, 0.5) is 5.69 Å². The van der Waals surface area contributed by atoms with Crippen LogP contribution in [0.5, 0.6) is 0 Å². The fraction of sp³-hybridized carbons (Fsp3) is 0.500. The monoisotopic (exact) mass is 557 g/mol. The van der Waals surface area contributed by atoms with Gasteiger partial charge in [-0.1, -0.05) is 43.9 Å². The summed E-state index contributed by atoms with van der Waals surface area (Å²) in [4.78, 5) is 41.8. The smallest absolute Gasteiger partial charge is 0.328 e. The molecule has 0 spiro atoms. The first kappa shape index (κ1) is 30.1. The van der Waals surface area contributed by atoms with Gasteiger partial charge in [-0.05, 0) is 37.4 Å². The molecule has 0 aliphatic carbocycles. The van der Waals surface area contributed by atoms with Crippen LogP contribution >= 0.6 is 0 Å². The van der Waals surface area contributed by atoms with Gasteiger partial charge in [0, 0.05) is 32.1 Å². The van der Waals surface area contributed by atoms with E-state index in [-0.39, 0.29) is 32.1 Å². The average Bonchev–Trinajstić information content (AvgIpc) is 3.28. The molecule has 212 valence electrons. The second-order valence-corrected chi connectivity index (χ2v) is 16.3. The first-order valence-electron chi connectivity index (χ1n) is 13.2. The molecular formula is C28H39N3O7Si. The van der Waals surface area contributed by atoms with Gasteiger partial charge in [-0.2, -0.15) is 0 Å². The molecule has 2 N–H and O–H groups in total. The maximum absolute atomic E-state index is 12.8. The zero-order chi connectivity index (χ0) is 28.6. The van der Waals surface area contributed by atoms with Gasteiger partial charge in [0.05, 0.1) is 25.8 Å². The van der Waals surface area contributed by atoms with Crippen molar-refractivity contribution in [2.45, 2.75) is 70.6 Å². The molecule has 1 aromatic heterocycles. The number of rotatable bonds is 10. The van der Waals surface area contributed by atoms with E-state index in [0.29, 0.717) is 41.4 Å². The predicted molar refractivity (Wildman–Crippen MR) is 150 cm³/mol. The summed E-state index contributed by atoms with van der Waals surface area (Å²) in [5, 5.41) is 13.4. The third-order valence-corrected chi connectivity index (χ3v) is 8.10. The summed E-state index contributed by atoms with van der Waals surface area (Å²) in [6, 6.07) is 5.65. The SMILES string of the molecule is CCOC(=O)C1C/C=C/CC(C(=O)O)c2nc(cn2COCC[Si](C)(C)C)-c2ccc(CC(=O)OC)cc2N1. The second-order valence-electron chi connectivity index (χ2n) is 10.7. The van der Waals surface area contributed by atoms with Gasteiger partial charge in [0.15, 0.2) is 0 Å². The molecule has 10 nitrogen and oxygen atoms in total. The largest absolute Gasteiger partial charge is 0.481 e. The standard InChI is InChI=1S/C28H39N3O7Si/c1-6-38-28(35)22-10-8-7-9-21(27(33)34)26-30-24(17-31(26)18-37-13-14-39(3,4)5)20-12-11-19(15-23(20)29-22)16-25(32)36-2/h7-8,11-12,15,17,21-22,29H,6,9-10,13-14,16,18H2,1-5H3,(H,33,34)/b8-7+. The quantitative estimate of drug-likeness (QED) is 0.188. The summed E-state index contributed by atoms with van der Waals surface area (Å²) in [6.07, 6.45) is 5.88. The van der Waals surface area contributed by atoms with Crippen LogP contribution in [0, 0.1) is 0 Å². The molecule has 0 fully saturated rings. The number of imidazole rings is 1. The normalized spacial score (nSPS) is 18.1. The molecule has 0 saturated heterocycles. The lowest BCUT2D eigenvalue weighted by Gasteiger charge is -2.20. The number of hydrogen-bond donors (Lipinski definition) is 2. The molecule has 3 rings (SSSR count). The van der Waals surface area contributed by atoms with E-state index in [1.54, 1.807) is 42.0 Å². The Morgan fingerprint density at radius 2 is 1.92 bits per heavy atom. The summed E-state index contributed by atoms with van der Waals surface area (Å²) >= 11 is 0. The highest BCUT2D eigenvalue weighted by Crippen LogP contribution is 2.33. The Hall–Kier alpha value is -3.44. The lowest BCUT2D eigenvalue weighted by molar-refractivity contribution is -0.144. The average molecular weight is 558 g/mol. The highest BCUT2D eigenvalue weighted by molar-refractivity contribution is 6.76. The third-order valence-electron chi connectivity index (χ3n) is 6.39. The Morgan fingerprint density at radius 3 is 2.59 bits per heavy atom. The van der Waals surface area contributed by atoms with Gasteiger partial charge in [-0.3, -0.25) is 9.59 Å². The van der Waals surface area contributed by atoms with Crippen molar-refractivity contribution < 1.29 is 33.7 Å². The van der Waals surface area contributed by atoms with Crippen LogP contribution in [0.25, 0.3) is 11.3 Å². The van der Waals surface area contributed by atoms with Crippen molar-refractivity contribution in [3.05, 3.63) is 47.9 Å². The van der Waals surface area contributed by atoms with Crippen LogP contribution in [-0.4, -0.2) is 67.0 Å². The van der Waals surface area contributed by atoms with E-state index >= 15 is 0 Å². The molecule has 1 aliphatic heterocycles. The van der Waals surface area contributed by atoms with Crippen molar-refractivity contribution in [2.24, 2.45) is 0 Å². The van der Waals surface area contributed by atoms with E-state index in [1.807, 2.05) is 6.07 Å². The molecule has 1 aromatic carbocycles. The number of anilines is 1. The Balaban J connectivity index is 2.09. The topological polar surface area (TPSA) is 129 Å². The molecule has 11 heteroatoms. The van der Waals surface area contributed by atoms with Crippen molar-refractivity contribution in [2.75, 3.05) is 25.6 Å². The number of methoxy groups -OCH3 is 1. The highest BCUT2D eigenvalue weighted by atomic mass is 28.3. The van der Waals surface area contributed by atoms with Gasteiger partial charge in [0.25, 0.3) is 0 Å². The van der Waals surface area contributed by atoms with Crippen LogP contribution in [0.2, 0.25) is 25.7 Å². The highest BCUT2D eigenvalue weighted by Gasteiger charge is 2.28. The number of carboxylic acid groups (broad SMARTS) is 1. The summed E-state index contributed by atoms with van der Waals surface area (Å²) in [7, 11) is 0.0363. The number of hydrogen-bond acceptors (Lipinski definition) is 8. The van der Waals surface area contributed by atoms with Crippen LogP contribution in [-0.2, 0) is 41.7 Å². The lowest BCUT2D eigenvalue weighted by Crippen LogP contribution is -2.31. The van der Waals surface area contributed by atoms with Gasteiger partial charge >= 0.3 is 17.9 Å². The number of benzene rings is 1. The molecule has 1 aliphatic rings. The first-order chi connectivity index (χ1) is 18.5.